The number of hydrogen-bond donors (Lipinski definition) is 0. The Labute approximate surface area is 241 Å². The molecule has 0 aliphatic carbocycles. The standard InChI is InChI=1S/C27H36BrFN4O7/c1-11-14-32(22(35)38-25(2,3)4)21(34)19-20(15-12-13-16(29)17(28)18(15)30-31-19)33(23(36)39-26(5,6)7)24(37)40-27(8,9)10/h12-13H,11,14H2,1-10H3. The van der Waals surface area contributed by atoms with E-state index in [0.29, 0.717) is 11.3 Å². The number of benzene rings is 1. The van der Waals surface area contributed by atoms with Gasteiger partial charge in [0, 0.05) is 11.9 Å². The smallest absolute Gasteiger partial charge is 0.424 e. The molecule has 0 saturated heterocycles. The lowest BCUT2D eigenvalue weighted by Gasteiger charge is -2.30. The highest BCUT2D eigenvalue weighted by Gasteiger charge is 2.40. The average molecular weight is 628 g/mol. The fraction of sp³-hybridized carbons (Fsp3) is 0.556. The average Bonchev–Trinajstić information content (AvgIpc) is 2.76. The van der Waals surface area contributed by atoms with E-state index < -0.39 is 58.2 Å². The van der Waals surface area contributed by atoms with E-state index in [1.807, 2.05) is 0 Å². The van der Waals surface area contributed by atoms with Crippen molar-refractivity contribution < 1.29 is 37.8 Å². The van der Waals surface area contributed by atoms with Crippen LogP contribution in [0.2, 0.25) is 0 Å². The number of imide groups is 2. The third kappa shape index (κ3) is 8.33. The first kappa shape index (κ1) is 32.9. The van der Waals surface area contributed by atoms with Crippen LogP contribution in [0.5, 0.6) is 0 Å². The zero-order valence-electron chi connectivity index (χ0n) is 24.5. The molecule has 0 unspecified atom stereocenters. The molecule has 0 radical (unpaired) electrons. The summed E-state index contributed by atoms with van der Waals surface area (Å²) in [4.78, 5) is 55.3. The van der Waals surface area contributed by atoms with Crippen molar-refractivity contribution in [2.24, 2.45) is 0 Å². The van der Waals surface area contributed by atoms with Crippen LogP contribution in [-0.4, -0.2) is 62.6 Å². The number of halogens is 2. The third-order valence-corrected chi connectivity index (χ3v) is 5.44. The second-order valence-electron chi connectivity index (χ2n) is 11.9. The van der Waals surface area contributed by atoms with Gasteiger partial charge in [-0.25, -0.2) is 23.7 Å². The van der Waals surface area contributed by atoms with Crippen molar-refractivity contribution in [3.63, 3.8) is 0 Å². The second kappa shape index (κ2) is 12.0. The molecular weight excluding hydrogens is 591 g/mol. The Morgan fingerprint density at radius 2 is 1.30 bits per heavy atom. The zero-order chi connectivity index (χ0) is 30.8. The van der Waals surface area contributed by atoms with Crippen LogP contribution in [0.3, 0.4) is 0 Å². The van der Waals surface area contributed by atoms with Crippen LogP contribution in [-0.2, 0) is 14.2 Å². The maximum atomic E-state index is 14.4. The Kier molecular flexibility index (Phi) is 9.88. The molecule has 0 N–H and O–H groups in total. The molecule has 4 amide bonds. The van der Waals surface area contributed by atoms with Crippen LogP contribution in [0.25, 0.3) is 10.9 Å². The molecule has 2 rings (SSSR count). The molecule has 220 valence electrons. The third-order valence-electron chi connectivity index (χ3n) is 4.68. The predicted octanol–water partition coefficient (Wildman–Crippen LogP) is 7.00. The number of hydrogen-bond acceptors (Lipinski definition) is 9. The fourth-order valence-electron chi connectivity index (χ4n) is 3.29. The highest BCUT2D eigenvalue weighted by atomic mass is 79.9. The first-order chi connectivity index (χ1) is 18.2. The number of amides is 4. The Morgan fingerprint density at radius 3 is 1.75 bits per heavy atom. The Morgan fingerprint density at radius 1 is 0.825 bits per heavy atom. The van der Waals surface area contributed by atoms with E-state index in [-0.39, 0.29) is 21.9 Å². The van der Waals surface area contributed by atoms with Gasteiger partial charge in [0.1, 0.15) is 33.8 Å². The number of aromatic nitrogens is 2. The molecule has 11 nitrogen and oxygen atoms in total. The van der Waals surface area contributed by atoms with Gasteiger partial charge >= 0.3 is 18.3 Å². The molecule has 2 aromatic rings. The largest absolute Gasteiger partial charge is 0.443 e. The first-order valence-electron chi connectivity index (χ1n) is 12.6. The van der Waals surface area contributed by atoms with Gasteiger partial charge in [0.25, 0.3) is 5.91 Å². The molecule has 0 saturated carbocycles. The summed E-state index contributed by atoms with van der Waals surface area (Å²) in [6.45, 7) is 16.1. The minimum atomic E-state index is -1.19. The van der Waals surface area contributed by atoms with E-state index in [0.717, 1.165) is 11.0 Å². The summed E-state index contributed by atoms with van der Waals surface area (Å²) in [6, 6.07) is 2.29. The van der Waals surface area contributed by atoms with Crippen molar-refractivity contribution in [2.75, 3.05) is 11.4 Å². The summed E-state index contributed by atoms with van der Waals surface area (Å²) in [6.07, 6.45) is -2.98. The van der Waals surface area contributed by atoms with E-state index in [2.05, 4.69) is 26.1 Å². The molecule has 13 heteroatoms. The molecule has 0 aliphatic rings. The number of ether oxygens (including phenoxy) is 3. The van der Waals surface area contributed by atoms with Gasteiger partial charge in [-0.1, -0.05) is 6.92 Å². The van der Waals surface area contributed by atoms with E-state index in [4.69, 9.17) is 14.2 Å². The summed E-state index contributed by atoms with van der Waals surface area (Å²) in [5, 5.41) is 7.94. The molecular formula is C27H36BrFN4O7. The van der Waals surface area contributed by atoms with Gasteiger partial charge in [0.15, 0.2) is 5.69 Å². The van der Waals surface area contributed by atoms with Crippen molar-refractivity contribution in [2.45, 2.75) is 92.5 Å². The highest BCUT2D eigenvalue weighted by Crippen LogP contribution is 2.36. The Bertz CT molecular complexity index is 1290. The van der Waals surface area contributed by atoms with E-state index in [1.54, 1.807) is 69.2 Å². The van der Waals surface area contributed by atoms with Crippen molar-refractivity contribution in [3.05, 3.63) is 28.1 Å². The van der Waals surface area contributed by atoms with Crippen molar-refractivity contribution in [1.29, 1.82) is 0 Å². The van der Waals surface area contributed by atoms with Gasteiger partial charge in [0.05, 0.1) is 4.47 Å². The molecule has 1 aromatic carbocycles. The van der Waals surface area contributed by atoms with Crippen LogP contribution in [0.4, 0.5) is 24.5 Å². The number of carbonyl (C=O) groups is 4. The monoisotopic (exact) mass is 626 g/mol. The summed E-state index contributed by atoms with van der Waals surface area (Å²) in [7, 11) is 0. The molecule has 0 bridgehead atoms. The van der Waals surface area contributed by atoms with E-state index in [1.165, 1.54) is 6.07 Å². The van der Waals surface area contributed by atoms with Crippen LogP contribution >= 0.6 is 15.9 Å². The van der Waals surface area contributed by atoms with Crippen molar-refractivity contribution in [1.82, 2.24) is 15.1 Å². The van der Waals surface area contributed by atoms with Gasteiger partial charge in [-0.3, -0.25) is 4.79 Å². The zero-order valence-corrected chi connectivity index (χ0v) is 26.1. The van der Waals surface area contributed by atoms with Gasteiger partial charge in [-0.05, 0) is 96.8 Å². The van der Waals surface area contributed by atoms with Crippen LogP contribution in [0.1, 0.15) is 86.1 Å². The minimum Gasteiger partial charge on any atom is -0.443 e. The van der Waals surface area contributed by atoms with Crippen molar-refractivity contribution in [3.8, 4) is 0 Å². The Hall–Kier alpha value is -3.35. The van der Waals surface area contributed by atoms with Gasteiger partial charge in [0.2, 0.25) is 0 Å². The molecule has 40 heavy (non-hydrogen) atoms. The lowest BCUT2D eigenvalue weighted by molar-refractivity contribution is 0.0239. The molecule has 0 spiro atoms. The topological polar surface area (TPSA) is 128 Å². The first-order valence-corrected chi connectivity index (χ1v) is 13.4. The second-order valence-corrected chi connectivity index (χ2v) is 12.7. The molecule has 0 atom stereocenters. The van der Waals surface area contributed by atoms with Gasteiger partial charge in [-0.15, -0.1) is 10.2 Å². The van der Waals surface area contributed by atoms with Crippen LogP contribution < -0.4 is 4.90 Å². The van der Waals surface area contributed by atoms with Gasteiger partial charge in [-0.2, -0.15) is 4.90 Å². The number of nitrogens with zero attached hydrogens (tertiary/aromatic N) is 4. The lowest BCUT2D eigenvalue weighted by atomic mass is 10.1. The summed E-state index contributed by atoms with van der Waals surface area (Å²) in [5.41, 5.74) is -4.10. The number of anilines is 1. The maximum Gasteiger partial charge on any atom is 0.424 e. The SMILES string of the molecule is CCCN(C(=O)OC(C)(C)C)C(=O)c1nnc2c(Br)c(F)ccc2c1N(C(=O)OC(C)(C)C)C(=O)OC(C)(C)C. The summed E-state index contributed by atoms with van der Waals surface area (Å²) in [5.74, 6) is -1.70. The molecule has 0 aliphatic heterocycles. The lowest BCUT2D eigenvalue weighted by Crippen LogP contribution is -2.46. The van der Waals surface area contributed by atoms with Gasteiger partial charge < -0.3 is 14.2 Å². The summed E-state index contributed by atoms with van der Waals surface area (Å²) >= 11 is 3.11. The number of carbonyl (C=O) groups excluding carboxylic acids is 4. The predicted molar refractivity (Wildman–Crippen MR) is 150 cm³/mol. The molecule has 1 heterocycles. The number of rotatable bonds is 4. The normalized spacial score (nSPS) is 12.1. The van der Waals surface area contributed by atoms with E-state index >= 15 is 0 Å². The van der Waals surface area contributed by atoms with Crippen LogP contribution in [0, 0.1) is 5.82 Å². The quantitative estimate of drug-likeness (QED) is 0.329. The fourth-order valence-corrected chi connectivity index (χ4v) is 3.72. The van der Waals surface area contributed by atoms with E-state index in [9.17, 15) is 23.6 Å². The molecule has 0 fully saturated rings. The van der Waals surface area contributed by atoms with Crippen LogP contribution in [0.15, 0.2) is 16.6 Å². The molecule has 1 aromatic heterocycles. The Balaban J connectivity index is 2.94. The van der Waals surface area contributed by atoms with Crippen molar-refractivity contribution >= 4 is 56.7 Å². The highest BCUT2D eigenvalue weighted by molar-refractivity contribution is 9.10. The minimum absolute atomic E-state index is 0.0102. The number of fused-ring (bicyclic) bond motifs is 1. The maximum absolute atomic E-state index is 14.4. The summed E-state index contributed by atoms with van der Waals surface area (Å²) < 4.78 is 30.7.